The molecule has 3 aromatic rings. The Hall–Kier alpha value is -3.12. The second-order valence-corrected chi connectivity index (χ2v) is 8.81. The lowest BCUT2D eigenvalue weighted by atomic mass is 9.83. The van der Waals surface area contributed by atoms with Gasteiger partial charge in [-0.15, -0.1) is 0 Å². The highest BCUT2D eigenvalue weighted by Crippen LogP contribution is 2.32. The number of amides is 1. The molecule has 0 spiro atoms. The number of carbonyl (C=O) groups excluding carboxylic acids is 1. The molecule has 1 aliphatic rings. The van der Waals surface area contributed by atoms with Crippen molar-refractivity contribution in [2.24, 2.45) is 5.92 Å². The molecule has 172 valence electrons. The molecular weight excluding hydrogens is 425 g/mol. The summed E-state index contributed by atoms with van der Waals surface area (Å²) in [5.74, 6) is -1.18. The van der Waals surface area contributed by atoms with Crippen LogP contribution in [0, 0.1) is 30.3 Å². The fraction of sp³-hybridized carbons (Fsp3) is 0.296. The van der Waals surface area contributed by atoms with Crippen LogP contribution in [0.5, 0.6) is 0 Å². The highest BCUT2D eigenvalue weighted by atomic mass is 19.1. The van der Waals surface area contributed by atoms with Crippen molar-refractivity contribution < 1.29 is 18.0 Å². The average molecular weight is 453 g/mol. The van der Waals surface area contributed by atoms with Crippen molar-refractivity contribution >= 4 is 5.91 Å². The Labute approximate surface area is 192 Å². The highest BCUT2D eigenvalue weighted by Gasteiger charge is 2.32. The largest absolute Gasteiger partial charge is 0.352 e. The molecule has 0 unspecified atom stereocenters. The van der Waals surface area contributed by atoms with E-state index in [1.807, 2.05) is 6.07 Å². The summed E-state index contributed by atoms with van der Waals surface area (Å²) in [6, 6.07) is 17.7. The Morgan fingerprint density at radius 3 is 2.45 bits per heavy atom. The van der Waals surface area contributed by atoms with Crippen molar-refractivity contribution in [2.45, 2.75) is 32.4 Å². The first kappa shape index (κ1) is 23.1. The molecule has 0 saturated carbocycles. The second kappa shape index (κ2) is 10.2. The van der Waals surface area contributed by atoms with Gasteiger partial charge >= 0.3 is 0 Å². The molecule has 1 aliphatic heterocycles. The molecule has 1 fully saturated rings. The lowest BCUT2D eigenvalue weighted by Crippen LogP contribution is -2.45. The third-order valence-corrected chi connectivity index (χ3v) is 6.23. The second-order valence-electron chi connectivity index (χ2n) is 8.81. The lowest BCUT2D eigenvalue weighted by molar-refractivity contribution is -0.127. The van der Waals surface area contributed by atoms with Crippen LogP contribution in [0.1, 0.15) is 34.6 Å². The van der Waals surface area contributed by atoms with E-state index in [1.165, 1.54) is 30.3 Å². The van der Waals surface area contributed by atoms with Gasteiger partial charge in [0.15, 0.2) is 0 Å². The molecule has 0 aromatic heterocycles. The maximum Gasteiger partial charge on any atom is 0.224 e. The molecule has 1 N–H and O–H groups in total. The van der Waals surface area contributed by atoms with E-state index in [0.29, 0.717) is 30.6 Å². The predicted octanol–water partition coefficient (Wildman–Crippen LogP) is 5.33. The molecule has 1 amide bonds. The summed E-state index contributed by atoms with van der Waals surface area (Å²) in [4.78, 5) is 15.2. The van der Waals surface area contributed by atoms with Gasteiger partial charge in [0.2, 0.25) is 5.91 Å². The van der Waals surface area contributed by atoms with Crippen molar-refractivity contribution in [1.29, 1.82) is 0 Å². The van der Waals surface area contributed by atoms with Crippen LogP contribution < -0.4 is 5.32 Å². The number of aryl methyl sites for hydroxylation is 1. The Morgan fingerprint density at radius 1 is 0.939 bits per heavy atom. The summed E-state index contributed by atoms with van der Waals surface area (Å²) in [7, 11) is 0. The number of piperidine rings is 1. The van der Waals surface area contributed by atoms with Gasteiger partial charge in [-0.1, -0.05) is 36.4 Å². The summed E-state index contributed by atoms with van der Waals surface area (Å²) >= 11 is 0. The van der Waals surface area contributed by atoms with Gasteiger partial charge in [0, 0.05) is 26.2 Å². The van der Waals surface area contributed by atoms with Gasteiger partial charge in [-0.25, -0.2) is 13.2 Å². The van der Waals surface area contributed by atoms with Crippen molar-refractivity contribution in [3.63, 3.8) is 0 Å². The number of likely N-dealkylation sites (tertiary alicyclic amines) is 1. The Balaban J connectivity index is 1.50. The number of benzene rings is 3. The van der Waals surface area contributed by atoms with Gasteiger partial charge < -0.3 is 5.32 Å². The van der Waals surface area contributed by atoms with Crippen LogP contribution in [0.15, 0.2) is 66.7 Å². The summed E-state index contributed by atoms with van der Waals surface area (Å²) in [6.07, 6.45) is 0.639. The maximum atomic E-state index is 13.8. The van der Waals surface area contributed by atoms with Crippen LogP contribution in [0.4, 0.5) is 13.2 Å². The quantitative estimate of drug-likeness (QED) is 0.548. The number of hydrogen-bond donors (Lipinski definition) is 1. The number of nitrogens with zero attached hydrogens (tertiary/aromatic N) is 1. The first-order valence-electron chi connectivity index (χ1n) is 11.1. The van der Waals surface area contributed by atoms with Crippen LogP contribution in [-0.2, 0) is 17.9 Å². The third-order valence-electron chi connectivity index (χ3n) is 6.23. The Morgan fingerprint density at radius 2 is 1.73 bits per heavy atom. The Bertz CT molecular complexity index is 1120. The zero-order valence-corrected chi connectivity index (χ0v) is 18.5. The van der Waals surface area contributed by atoms with E-state index in [1.54, 1.807) is 37.3 Å². The molecular formula is C27H27F3N2O. The van der Waals surface area contributed by atoms with Gasteiger partial charge in [-0.05, 0) is 71.8 Å². The van der Waals surface area contributed by atoms with E-state index in [-0.39, 0.29) is 41.7 Å². The molecule has 3 nitrogen and oxygen atoms in total. The van der Waals surface area contributed by atoms with Gasteiger partial charge in [0.05, 0.1) is 5.92 Å². The molecule has 1 heterocycles. The number of nitrogens with one attached hydrogen (secondary N) is 1. The first-order chi connectivity index (χ1) is 15.9. The highest BCUT2D eigenvalue weighted by molar-refractivity contribution is 5.79. The van der Waals surface area contributed by atoms with Crippen molar-refractivity contribution in [1.82, 2.24) is 10.2 Å². The van der Waals surface area contributed by atoms with Gasteiger partial charge in [-0.2, -0.15) is 0 Å². The predicted molar refractivity (Wildman–Crippen MR) is 122 cm³/mol. The summed E-state index contributed by atoms with van der Waals surface area (Å²) < 4.78 is 40.6. The number of carbonyl (C=O) groups is 1. The van der Waals surface area contributed by atoms with Crippen molar-refractivity contribution in [3.05, 3.63) is 106 Å². The zero-order valence-electron chi connectivity index (χ0n) is 18.5. The Kier molecular flexibility index (Phi) is 7.14. The topological polar surface area (TPSA) is 32.3 Å². The minimum Gasteiger partial charge on any atom is -0.352 e. The fourth-order valence-corrected chi connectivity index (χ4v) is 4.50. The first-order valence-corrected chi connectivity index (χ1v) is 11.1. The van der Waals surface area contributed by atoms with E-state index in [9.17, 15) is 18.0 Å². The number of rotatable bonds is 6. The van der Waals surface area contributed by atoms with E-state index >= 15 is 0 Å². The zero-order chi connectivity index (χ0) is 23.4. The summed E-state index contributed by atoms with van der Waals surface area (Å²) in [6.45, 7) is 3.86. The molecule has 0 aliphatic carbocycles. The van der Waals surface area contributed by atoms with Crippen LogP contribution in [-0.4, -0.2) is 23.9 Å². The average Bonchev–Trinajstić information content (AvgIpc) is 2.80. The van der Waals surface area contributed by atoms with Crippen molar-refractivity contribution in [2.75, 3.05) is 13.1 Å². The standard InChI is InChI=1S/C27H27F3N2O/c1-18-11-21(7-10-26(18)30)22-13-23(27(33)31-14-20-3-2-4-25(29)12-20)17-32(16-22)15-19-5-8-24(28)9-6-19/h2-12,22-23H,13-17H2,1H3,(H,31,33)/t22-,23+/m0/s1. The van der Waals surface area contributed by atoms with E-state index < -0.39 is 0 Å². The van der Waals surface area contributed by atoms with Crippen LogP contribution in [0.3, 0.4) is 0 Å². The molecule has 33 heavy (non-hydrogen) atoms. The van der Waals surface area contributed by atoms with Gasteiger partial charge in [-0.3, -0.25) is 9.69 Å². The van der Waals surface area contributed by atoms with Crippen LogP contribution in [0.25, 0.3) is 0 Å². The molecule has 0 radical (unpaired) electrons. The summed E-state index contributed by atoms with van der Waals surface area (Å²) in [5.41, 5.74) is 3.25. The maximum absolute atomic E-state index is 13.8. The van der Waals surface area contributed by atoms with Crippen molar-refractivity contribution in [3.8, 4) is 0 Å². The van der Waals surface area contributed by atoms with E-state index in [0.717, 1.165) is 17.7 Å². The van der Waals surface area contributed by atoms with E-state index in [2.05, 4.69) is 10.2 Å². The third kappa shape index (κ3) is 6.02. The number of hydrogen-bond acceptors (Lipinski definition) is 2. The molecule has 4 rings (SSSR count). The SMILES string of the molecule is Cc1cc([C@H]2C[C@@H](C(=O)NCc3cccc(F)c3)CN(Cc3ccc(F)cc3)C2)ccc1F. The lowest BCUT2D eigenvalue weighted by Gasteiger charge is -2.37. The smallest absolute Gasteiger partial charge is 0.224 e. The normalized spacial score (nSPS) is 18.8. The van der Waals surface area contributed by atoms with Gasteiger partial charge in [0.1, 0.15) is 17.5 Å². The van der Waals surface area contributed by atoms with E-state index in [4.69, 9.17) is 0 Å². The number of halogens is 3. The molecule has 1 saturated heterocycles. The molecule has 0 bridgehead atoms. The van der Waals surface area contributed by atoms with Gasteiger partial charge in [0.25, 0.3) is 0 Å². The summed E-state index contributed by atoms with van der Waals surface area (Å²) in [5, 5.41) is 2.94. The minimum absolute atomic E-state index is 0.0587. The van der Waals surface area contributed by atoms with Crippen LogP contribution >= 0.6 is 0 Å². The van der Waals surface area contributed by atoms with Crippen LogP contribution in [0.2, 0.25) is 0 Å². The molecule has 2 atom stereocenters. The monoisotopic (exact) mass is 452 g/mol. The fourth-order valence-electron chi connectivity index (χ4n) is 4.50. The molecule has 3 aromatic carbocycles. The minimum atomic E-state index is -0.336. The molecule has 6 heteroatoms.